The van der Waals surface area contributed by atoms with Gasteiger partial charge in [-0.2, -0.15) is 0 Å². The fraction of sp³-hybridized carbons (Fsp3) is 0.0769. The first-order chi connectivity index (χ1) is 9.20. The molecule has 0 bridgehead atoms. The summed E-state index contributed by atoms with van der Waals surface area (Å²) in [6.07, 6.45) is 0. The summed E-state index contributed by atoms with van der Waals surface area (Å²) >= 11 is 0. The van der Waals surface area contributed by atoms with E-state index in [1.165, 1.54) is 6.07 Å². The highest BCUT2D eigenvalue weighted by Crippen LogP contribution is 2.26. The van der Waals surface area contributed by atoms with Crippen LogP contribution in [-0.2, 0) is 0 Å². The van der Waals surface area contributed by atoms with Crippen LogP contribution in [-0.4, -0.2) is 16.5 Å². The van der Waals surface area contributed by atoms with Crippen molar-refractivity contribution in [3.63, 3.8) is 0 Å². The predicted molar refractivity (Wildman–Crippen MR) is 74.5 cm³/mol. The minimum Gasteiger partial charge on any atom is -0.370 e. The first kappa shape index (κ1) is 12.8. The number of aromatic nitrogens is 1. The standard InChI is InChI=1S/C13H13N4O2/c1-2-14-12-9-8-11(17(18)19)13(16-12)15-10-6-4-3-5-7-10/h3-9H,1-2H2,(H2,14,15,16). The molecule has 0 saturated heterocycles. The number of para-hydroxylation sites is 1. The van der Waals surface area contributed by atoms with Gasteiger partial charge in [0.05, 0.1) is 4.92 Å². The van der Waals surface area contributed by atoms with Crippen molar-refractivity contribution in [3.05, 3.63) is 59.5 Å². The zero-order valence-corrected chi connectivity index (χ0v) is 10.2. The molecule has 0 aliphatic carbocycles. The monoisotopic (exact) mass is 257 g/mol. The summed E-state index contributed by atoms with van der Waals surface area (Å²) in [5.74, 6) is 0.744. The van der Waals surface area contributed by atoms with Gasteiger partial charge in [0.1, 0.15) is 5.82 Å². The summed E-state index contributed by atoms with van der Waals surface area (Å²) in [6.45, 7) is 4.10. The Labute approximate surface area is 110 Å². The molecule has 2 rings (SSSR count). The van der Waals surface area contributed by atoms with E-state index in [0.29, 0.717) is 12.4 Å². The third kappa shape index (κ3) is 3.19. The molecule has 6 heteroatoms. The van der Waals surface area contributed by atoms with Crippen molar-refractivity contribution in [1.29, 1.82) is 0 Å². The lowest BCUT2D eigenvalue weighted by Gasteiger charge is -2.08. The van der Waals surface area contributed by atoms with Gasteiger partial charge < -0.3 is 10.6 Å². The number of hydrogen-bond donors (Lipinski definition) is 2. The van der Waals surface area contributed by atoms with E-state index in [4.69, 9.17) is 0 Å². The van der Waals surface area contributed by atoms with Gasteiger partial charge in [0, 0.05) is 18.3 Å². The number of anilines is 3. The number of hydrogen-bond acceptors (Lipinski definition) is 5. The molecule has 0 aliphatic heterocycles. The molecular formula is C13H13N4O2. The van der Waals surface area contributed by atoms with Crippen LogP contribution in [0.4, 0.5) is 23.0 Å². The highest BCUT2D eigenvalue weighted by molar-refractivity contribution is 5.67. The number of benzene rings is 1. The normalized spacial score (nSPS) is 9.95. The Morgan fingerprint density at radius 2 is 1.95 bits per heavy atom. The van der Waals surface area contributed by atoms with Gasteiger partial charge in [0.15, 0.2) is 0 Å². The van der Waals surface area contributed by atoms with E-state index in [-0.39, 0.29) is 11.5 Å². The third-order valence-electron chi connectivity index (χ3n) is 2.41. The third-order valence-corrected chi connectivity index (χ3v) is 2.41. The van der Waals surface area contributed by atoms with Crippen LogP contribution in [0.3, 0.4) is 0 Å². The Hall–Kier alpha value is -2.63. The van der Waals surface area contributed by atoms with Gasteiger partial charge in [-0.1, -0.05) is 18.2 Å². The molecule has 0 saturated carbocycles. The Morgan fingerprint density at radius 3 is 2.58 bits per heavy atom. The van der Waals surface area contributed by atoms with Gasteiger partial charge in [-0.25, -0.2) is 4.98 Å². The molecule has 1 heterocycles. The minimum atomic E-state index is -0.466. The molecule has 2 aromatic rings. The summed E-state index contributed by atoms with van der Waals surface area (Å²) < 4.78 is 0. The van der Waals surface area contributed by atoms with Crippen molar-refractivity contribution in [2.45, 2.75) is 0 Å². The van der Waals surface area contributed by atoms with Crippen LogP contribution < -0.4 is 10.6 Å². The molecule has 6 nitrogen and oxygen atoms in total. The lowest BCUT2D eigenvalue weighted by atomic mass is 10.3. The van der Waals surface area contributed by atoms with Crippen LogP contribution in [0.1, 0.15) is 0 Å². The fourth-order valence-electron chi connectivity index (χ4n) is 1.58. The second kappa shape index (κ2) is 5.81. The van der Waals surface area contributed by atoms with Gasteiger partial charge in [-0.3, -0.25) is 10.1 Å². The first-order valence-electron chi connectivity index (χ1n) is 5.71. The van der Waals surface area contributed by atoms with Crippen molar-refractivity contribution < 1.29 is 4.92 Å². The van der Waals surface area contributed by atoms with Gasteiger partial charge >= 0.3 is 5.69 Å². The summed E-state index contributed by atoms with van der Waals surface area (Å²) in [6, 6.07) is 12.1. The molecule has 0 unspecified atom stereocenters. The Balaban J connectivity index is 2.35. The minimum absolute atomic E-state index is 0.0709. The smallest absolute Gasteiger partial charge is 0.311 e. The molecule has 97 valence electrons. The number of pyridine rings is 1. The molecule has 2 N–H and O–H groups in total. The lowest BCUT2D eigenvalue weighted by Crippen LogP contribution is -2.04. The summed E-state index contributed by atoms with van der Waals surface area (Å²) in [5.41, 5.74) is 0.670. The molecule has 0 aliphatic rings. The second-order valence-corrected chi connectivity index (χ2v) is 3.74. The Morgan fingerprint density at radius 1 is 1.21 bits per heavy atom. The fourth-order valence-corrected chi connectivity index (χ4v) is 1.58. The molecule has 0 amide bonds. The maximum absolute atomic E-state index is 11.0. The van der Waals surface area contributed by atoms with Crippen molar-refractivity contribution in [2.75, 3.05) is 17.2 Å². The first-order valence-corrected chi connectivity index (χ1v) is 5.71. The number of rotatable bonds is 5. The number of nitrogens with one attached hydrogen (secondary N) is 2. The number of nitrogens with zero attached hydrogens (tertiary/aromatic N) is 2. The molecule has 0 spiro atoms. The predicted octanol–water partition coefficient (Wildman–Crippen LogP) is 2.98. The SMILES string of the molecule is [CH2]CNc1ccc([N+](=O)[O-])c(Nc2ccccc2)n1. The lowest BCUT2D eigenvalue weighted by molar-refractivity contribution is -0.384. The zero-order valence-electron chi connectivity index (χ0n) is 10.2. The quantitative estimate of drug-likeness (QED) is 0.635. The van der Waals surface area contributed by atoms with E-state index in [1.54, 1.807) is 6.07 Å². The molecule has 1 radical (unpaired) electrons. The molecule has 19 heavy (non-hydrogen) atoms. The zero-order chi connectivity index (χ0) is 13.7. The average molecular weight is 257 g/mol. The largest absolute Gasteiger partial charge is 0.370 e. The topological polar surface area (TPSA) is 80.1 Å². The van der Waals surface area contributed by atoms with Crippen LogP contribution in [0.15, 0.2) is 42.5 Å². The van der Waals surface area contributed by atoms with Gasteiger partial charge in [0.25, 0.3) is 0 Å². The van der Waals surface area contributed by atoms with Crippen LogP contribution in [0.25, 0.3) is 0 Å². The average Bonchev–Trinajstić information content (AvgIpc) is 2.40. The van der Waals surface area contributed by atoms with Crippen LogP contribution in [0.2, 0.25) is 0 Å². The van der Waals surface area contributed by atoms with Crippen molar-refractivity contribution >= 4 is 23.0 Å². The molecular weight excluding hydrogens is 244 g/mol. The summed E-state index contributed by atoms with van der Waals surface area (Å²) in [5, 5.41) is 16.8. The molecule has 1 aromatic heterocycles. The van der Waals surface area contributed by atoms with E-state index in [1.807, 2.05) is 30.3 Å². The number of nitro groups is 1. The van der Waals surface area contributed by atoms with Crippen LogP contribution >= 0.6 is 0 Å². The molecule has 0 fully saturated rings. The van der Waals surface area contributed by atoms with Crippen LogP contribution in [0, 0.1) is 17.0 Å². The maximum atomic E-state index is 11.0. The Bertz CT molecular complexity index is 572. The van der Waals surface area contributed by atoms with Gasteiger partial charge in [-0.05, 0) is 25.1 Å². The van der Waals surface area contributed by atoms with E-state index in [2.05, 4.69) is 22.5 Å². The van der Waals surface area contributed by atoms with Gasteiger partial charge in [-0.15, -0.1) is 0 Å². The summed E-state index contributed by atoms with van der Waals surface area (Å²) in [4.78, 5) is 14.7. The highest BCUT2D eigenvalue weighted by atomic mass is 16.6. The Kier molecular flexibility index (Phi) is 3.92. The van der Waals surface area contributed by atoms with Crippen molar-refractivity contribution in [3.8, 4) is 0 Å². The van der Waals surface area contributed by atoms with Crippen LogP contribution in [0.5, 0.6) is 0 Å². The van der Waals surface area contributed by atoms with Crippen molar-refractivity contribution in [1.82, 2.24) is 4.98 Å². The molecule has 1 aromatic carbocycles. The van der Waals surface area contributed by atoms with E-state index in [0.717, 1.165) is 5.69 Å². The maximum Gasteiger partial charge on any atom is 0.311 e. The summed E-state index contributed by atoms with van der Waals surface area (Å²) in [7, 11) is 0. The highest BCUT2D eigenvalue weighted by Gasteiger charge is 2.16. The second-order valence-electron chi connectivity index (χ2n) is 3.74. The van der Waals surface area contributed by atoms with Crippen molar-refractivity contribution in [2.24, 2.45) is 0 Å². The van der Waals surface area contributed by atoms with E-state index < -0.39 is 4.92 Å². The molecule has 0 atom stereocenters. The van der Waals surface area contributed by atoms with Gasteiger partial charge in [0.2, 0.25) is 5.82 Å². The van der Waals surface area contributed by atoms with E-state index >= 15 is 0 Å². The van der Waals surface area contributed by atoms with E-state index in [9.17, 15) is 10.1 Å².